The van der Waals surface area contributed by atoms with Crippen LogP contribution in [0, 0.1) is 5.92 Å². The molecule has 2 aromatic carbocycles. The lowest BCUT2D eigenvalue weighted by molar-refractivity contribution is 0.578. The molecule has 1 atom stereocenters. The first-order valence-corrected chi connectivity index (χ1v) is 11.2. The van der Waals surface area contributed by atoms with Crippen molar-refractivity contribution in [2.45, 2.75) is 5.41 Å². The Balaban J connectivity index is 1.85. The smallest absolute Gasteiger partial charge is 0.0421 e. The Morgan fingerprint density at radius 3 is 1.69 bits per heavy atom. The monoisotopic (exact) mass is 420 g/mol. The highest BCUT2D eigenvalue weighted by Gasteiger charge is 2.37. The van der Waals surface area contributed by atoms with Crippen molar-refractivity contribution in [1.29, 1.82) is 0 Å². The van der Waals surface area contributed by atoms with Gasteiger partial charge < -0.3 is 9.80 Å². The van der Waals surface area contributed by atoms with Gasteiger partial charge in [0.1, 0.15) is 0 Å². The molecule has 162 valence electrons. The van der Waals surface area contributed by atoms with Gasteiger partial charge in [-0.3, -0.25) is 0 Å². The first-order chi connectivity index (χ1) is 15.5. The average Bonchev–Trinajstić information content (AvgIpc) is 3.21. The van der Waals surface area contributed by atoms with Crippen LogP contribution < -0.4 is 9.80 Å². The Bertz CT molecular complexity index is 1090. The molecule has 2 nitrogen and oxygen atoms in total. The van der Waals surface area contributed by atoms with Crippen molar-refractivity contribution in [3.05, 3.63) is 126 Å². The maximum absolute atomic E-state index is 2.35. The van der Waals surface area contributed by atoms with E-state index in [4.69, 9.17) is 0 Å². The number of allylic oxidation sites excluding steroid dienone is 12. The lowest BCUT2D eigenvalue weighted by Crippen LogP contribution is -2.31. The molecular formula is C30H32N2. The molecule has 1 unspecified atom stereocenters. The van der Waals surface area contributed by atoms with Gasteiger partial charge in [-0.1, -0.05) is 91.1 Å². The van der Waals surface area contributed by atoms with Crippen LogP contribution >= 0.6 is 0 Å². The predicted octanol–water partition coefficient (Wildman–Crippen LogP) is 6.56. The van der Waals surface area contributed by atoms with Crippen molar-refractivity contribution in [1.82, 2.24) is 0 Å². The van der Waals surface area contributed by atoms with Crippen LogP contribution in [-0.4, -0.2) is 28.2 Å². The zero-order valence-corrected chi connectivity index (χ0v) is 19.4. The van der Waals surface area contributed by atoms with Crippen LogP contribution in [0.3, 0.4) is 0 Å². The Morgan fingerprint density at radius 2 is 1.12 bits per heavy atom. The molecule has 0 aromatic heterocycles. The summed E-state index contributed by atoms with van der Waals surface area (Å²) >= 11 is 0. The van der Waals surface area contributed by atoms with Gasteiger partial charge >= 0.3 is 0 Å². The molecule has 0 bridgehead atoms. The van der Waals surface area contributed by atoms with Crippen molar-refractivity contribution >= 4 is 16.9 Å². The molecule has 0 radical (unpaired) electrons. The predicted molar refractivity (Wildman–Crippen MR) is 140 cm³/mol. The van der Waals surface area contributed by atoms with Gasteiger partial charge in [-0.15, -0.1) is 0 Å². The Hall–Kier alpha value is -3.52. The van der Waals surface area contributed by atoms with Crippen LogP contribution in [0.1, 0.15) is 11.1 Å². The summed E-state index contributed by atoms with van der Waals surface area (Å²) in [5.74, 6) is 0.153. The maximum atomic E-state index is 2.35. The standard InChI is InChI=1S/C30H32N2/c1-31(2)26-18-14-24(15-19-26)28-12-8-7-9-13-29(28)30(22-10-5-6-11-23-30)25-16-20-27(21-17-25)32(3)4/h5-23,29H,1-4H3. The largest absolute Gasteiger partial charge is 0.378 e. The zero-order valence-electron chi connectivity index (χ0n) is 19.4. The van der Waals surface area contributed by atoms with Crippen molar-refractivity contribution in [3.63, 3.8) is 0 Å². The fourth-order valence-corrected chi connectivity index (χ4v) is 4.49. The van der Waals surface area contributed by atoms with E-state index in [1.807, 2.05) is 0 Å². The van der Waals surface area contributed by atoms with Gasteiger partial charge in [0.15, 0.2) is 0 Å². The highest BCUT2D eigenvalue weighted by Crippen LogP contribution is 2.45. The van der Waals surface area contributed by atoms with Gasteiger partial charge in [0.05, 0.1) is 0 Å². The summed E-state index contributed by atoms with van der Waals surface area (Å²) in [6, 6.07) is 17.9. The van der Waals surface area contributed by atoms with E-state index in [9.17, 15) is 0 Å². The van der Waals surface area contributed by atoms with Crippen LogP contribution in [-0.2, 0) is 5.41 Å². The van der Waals surface area contributed by atoms with E-state index in [-0.39, 0.29) is 11.3 Å². The van der Waals surface area contributed by atoms with Crippen LogP contribution in [0.5, 0.6) is 0 Å². The molecule has 0 fully saturated rings. The number of nitrogens with zero attached hydrogens (tertiary/aromatic N) is 2. The first kappa shape index (κ1) is 21.7. The zero-order chi connectivity index (χ0) is 22.6. The molecule has 2 aliphatic rings. The summed E-state index contributed by atoms with van der Waals surface area (Å²) in [6.45, 7) is 0. The van der Waals surface area contributed by atoms with Crippen molar-refractivity contribution in [2.24, 2.45) is 5.92 Å². The molecule has 0 spiro atoms. The van der Waals surface area contributed by atoms with E-state index in [0.717, 1.165) is 0 Å². The fourth-order valence-electron chi connectivity index (χ4n) is 4.49. The van der Waals surface area contributed by atoms with Crippen molar-refractivity contribution < 1.29 is 0 Å². The fraction of sp³-hybridized carbons (Fsp3) is 0.200. The SMILES string of the molecule is CN(C)c1ccc(C2=CC=CC=CC2C2(c3ccc(N(C)C)cc3)C=CC=CC=C2)cc1. The molecule has 32 heavy (non-hydrogen) atoms. The molecule has 0 aliphatic heterocycles. The molecule has 2 aromatic rings. The lowest BCUT2D eigenvalue weighted by Gasteiger charge is -2.37. The number of hydrogen-bond donors (Lipinski definition) is 0. The minimum absolute atomic E-state index is 0.153. The number of rotatable bonds is 5. The third-order valence-electron chi connectivity index (χ3n) is 6.33. The number of hydrogen-bond acceptors (Lipinski definition) is 2. The maximum Gasteiger partial charge on any atom is 0.0421 e. The van der Waals surface area contributed by atoms with Crippen LogP contribution in [0.4, 0.5) is 11.4 Å². The summed E-state index contributed by atoms with van der Waals surface area (Å²) in [5, 5.41) is 0. The van der Waals surface area contributed by atoms with Gasteiger partial charge in [-0.05, 0) is 41.0 Å². The number of anilines is 2. The first-order valence-electron chi connectivity index (χ1n) is 11.2. The van der Waals surface area contributed by atoms with E-state index in [2.05, 4.69) is 153 Å². The molecule has 0 saturated carbocycles. The van der Waals surface area contributed by atoms with Crippen molar-refractivity contribution in [3.8, 4) is 0 Å². The van der Waals surface area contributed by atoms with Crippen LogP contribution in [0.15, 0.2) is 115 Å². The average molecular weight is 421 g/mol. The summed E-state index contributed by atoms with van der Waals surface area (Å²) in [7, 11) is 8.32. The summed E-state index contributed by atoms with van der Waals surface area (Å²) in [5.41, 5.74) is 5.97. The lowest BCUT2D eigenvalue weighted by atomic mass is 9.65. The van der Waals surface area contributed by atoms with E-state index in [0.29, 0.717) is 0 Å². The Labute approximate surface area is 192 Å². The minimum Gasteiger partial charge on any atom is -0.378 e. The third kappa shape index (κ3) is 4.27. The third-order valence-corrected chi connectivity index (χ3v) is 6.33. The molecule has 2 heteroatoms. The molecule has 0 amide bonds. The molecule has 4 rings (SSSR count). The molecule has 0 N–H and O–H groups in total. The normalized spacial score (nSPS) is 18.8. The Kier molecular flexibility index (Phi) is 6.32. The second-order valence-electron chi connectivity index (χ2n) is 8.79. The molecule has 2 aliphatic carbocycles. The van der Waals surface area contributed by atoms with E-state index < -0.39 is 0 Å². The topological polar surface area (TPSA) is 6.48 Å². The molecule has 0 saturated heterocycles. The van der Waals surface area contributed by atoms with E-state index >= 15 is 0 Å². The summed E-state index contributed by atoms with van der Waals surface area (Å²) in [4.78, 5) is 4.28. The van der Waals surface area contributed by atoms with Gasteiger partial charge in [0, 0.05) is 50.9 Å². The van der Waals surface area contributed by atoms with Gasteiger partial charge in [0.25, 0.3) is 0 Å². The quantitative estimate of drug-likeness (QED) is 0.540. The van der Waals surface area contributed by atoms with Gasteiger partial charge in [0.2, 0.25) is 0 Å². The second kappa shape index (κ2) is 9.32. The second-order valence-corrected chi connectivity index (χ2v) is 8.79. The minimum atomic E-state index is -0.289. The van der Waals surface area contributed by atoms with Crippen LogP contribution in [0.2, 0.25) is 0 Å². The van der Waals surface area contributed by atoms with Gasteiger partial charge in [-0.25, -0.2) is 0 Å². The van der Waals surface area contributed by atoms with Crippen molar-refractivity contribution in [2.75, 3.05) is 38.0 Å². The number of benzene rings is 2. The molecule has 0 heterocycles. The van der Waals surface area contributed by atoms with E-state index in [1.165, 1.54) is 28.1 Å². The highest BCUT2D eigenvalue weighted by molar-refractivity contribution is 5.75. The van der Waals surface area contributed by atoms with Gasteiger partial charge in [-0.2, -0.15) is 0 Å². The van der Waals surface area contributed by atoms with E-state index in [1.54, 1.807) is 0 Å². The molecular weight excluding hydrogens is 388 g/mol. The van der Waals surface area contributed by atoms with Crippen LogP contribution in [0.25, 0.3) is 5.57 Å². The summed E-state index contributed by atoms with van der Waals surface area (Å²) < 4.78 is 0. The summed E-state index contributed by atoms with van der Waals surface area (Å²) in [6.07, 6.45) is 24.3. The Morgan fingerprint density at radius 1 is 0.594 bits per heavy atom. The highest BCUT2D eigenvalue weighted by atomic mass is 15.1.